The lowest BCUT2D eigenvalue weighted by molar-refractivity contribution is -0.136. The average Bonchev–Trinajstić information content (AvgIpc) is 3.30. The molecule has 0 aromatic heterocycles. The average molecular weight is 792 g/mol. The van der Waals surface area contributed by atoms with E-state index in [0.29, 0.717) is 49.7 Å². The van der Waals surface area contributed by atoms with Gasteiger partial charge in [0, 0.05) is 82.6 Å². The minimum absolute atomic E-state index is 0.0403. The van der Waals surface area contributed by atoms with Crippen LogP contribution in [0, 0.1) is 5.92 Å². The zero-order valence-corrected chi connectivity index (χ0v) is 32.2. The van der Waals surface area contributed by atoms with Crippen molar-refractivity contribution in [3.8, 4) is 5.75 Å². The van der Waals surface area contributed by atoms with Crippen LogP contribution in [0.15, 0.2) is 46.9 Å². The van der Waals surface area contributed by atoms with Gasteiger partial charge >= 0.3 is 12.1 Å². The van der Waals surface area contributed by atoms with E-state index in [0.717, 1.165) is 69.5 Å². The SMILES string of the molecule is COC(=O)N1CCC(N2CCc3ccccc3NC2=O)CC1.C[C@H](Cc1ccc(O)c(Br)c1)C(=O)N1CCC(N2CCN(S(C)(=O)=O)CC2)CC1. The van der Waals surface area contributed by atoms with E-state index in [-0.39, 0.29) is 35.7 Å². The monoisotopic (exact) mass is 790 g/mol. The number of sulfonamides is 1. The summed E-state index contributed by atoms with van der Waals surface area (Å²) in [6.45, 7) is 8.07. The van der Waals surface area contributed by atoms with E-state index in [4.69, 9.17) is 4.74 Å². The van der Waals surface area contributed by atoms with E-state index >= 15 is 0 Å². The number of nitrogens with zero attached hydrogens (tertiary/aromatic N) is 5. The number of phenols is 1. The third kappa shape index (κ3) is 10.1. The third-order valence-corrected chi connectivity index (χ3v) is 12.4. The number of nitrogens with one attached hydrogen (secondary N) is 1. The highest BCUT2D eigenvalue weighted by molar-refractivity contribution is 9.10. The van der Waals surface area contributed by atoms with Gasteiger partial charge in [0.1, 0.15) is 5.75 Å². The van der Waals surface area contributed by atoms with Crippen LogP contribution in [0.3, 0.4) is 0 Å². The lowest BCUT2D eigenvalue weighted by Gasteiger charge is -2.42. The second-order valence-electron chi connectivity index (χ2n) is 13.9. The number of methoxy groups -OCH3 is 1. The Kier molecular flexibility index (Phi) is 13.3. The fraction of sp³-hybridized carbons (Fsp3) is 0.583. The summed E-state index contributed by atoms with van der Waals surface area (Å²) in [6.07, 6.45) is 5.93. The van der Waals surface area contributed by atoms with Gasteiger partial charge in [-0.25, -0.2) is 18.0 Å². The normalized spacial score (nSPS) is 20.4. The number of aromatic hydroxyl groups is 1. The van der Waals surface area contributed by atoms with Crippen LogP contribution in [0.5, 0.6) is 5.75 Å². The summed E-state index contributed by atoms with van der Waals surface area (Å²) in [4.78, 5) is 44.8. The molecular formula is C36H51BrN6O7S. The zero-order valence-electron chi connectivity index (χ0n) is 29.8. The predicted molar refractivity (Wildman–Crippen MR) is 199 cm³/mol. The minimum Gasteiger partial charge on any atom is -0.507 e. The Morgan fingerprint density at radius 1 is 0.922 bits per heavy atom. The highest BCUT2D eigenvalue weighted by atomic mass is 79.9. The number of para-hydroxylation sites is 1. The molecule has 15 heteroatoms. The van der Waals surface area contributed by atoms with Crippen LogP contribution >= 0.6 is 15.9 Å². The largest absolute Gasteiger partial charge is 0.507 e. The molecule has 0 radical (unpaired) electrons. The lowest BCUT2D eigenvalue weighted by Crippen LogP contribution is -2.54. The number of hydrogen-bond donors (Lipinski definition) is 2. The molecule has 2 aromatic carbocycles. The number of urea groups is 1. The number of piperidine rings is 2. The summed E-state index contributed by atoms with van der Waals surface area (Å²) < 4.78 is 30.3. The Labute approximate surface area is 310 Å². The topological polar surface area (TPSA) is 143 Å². The number of amides is 4. The number of ether oxygens (including phenoxy) is 1. The van der Waals surface area contributed by atoms with Gasteiger partial charge in [-0.15, -0.1) is 0 Å². The van der Waals surface area contributed by atoms with Gasteiger partial charge in [0.2, 0.25) is 15.9 Å². The predicted octanol–water partition coefficient (Wildman–Crippen LogP) is 4.21. The van der Waals surface area contributed by atoms with Crippen LogP contribution in [0.4, 0.5) is 15.3 Å². The number of carbonyl (C=O) groups excluding carboxylic acids is 3. The van der Waals surface area contributed by atoms with Crippen LogP contribution in [0.2, 0.25) is 0 Å². The summed E-state index contributed by atoms with van der Waals surface area (Å²) in [5.41, 5.74) is 3.10. The third-order valence-electron chi connectivity index (χ3n) is 10.5. The maximum Gasteiger partial charge on any atom is 0.409 e. The molecule has 51 heavy (non-hydrogen) atoms. The second kappa shape index (κ2) is 17.4. The zero-order chi connectivity index (χ0) is 36.7. The number of anilines is 1. The molecule has 13 nitrogen and oxygen atoms in total. The first-order chi connectivity index (χ1) is 24.3. The van der Waals surface area contributed by atoms with Crippen LogP contribution in [0.25, 0.3) is 0 Å². The number of carbonyl (C=O) groups is 3. The van der Waals surface area contributed by atoms with E-state index in [1.807, 2.05) is 47.1 Å². The van der Waals surface area contributed by atoms with Gasteiger partial charge in [0.25, 0.3) is 0 Å². The fourth-order valence-electron chi connectivity index (χ4n) is 7.51. The van der Waals surface area contributed by atoms with Gasteiger partial charge in [-0.2, -0.15) is 4.31 Å². The molecule has 0 bridgehead atoms. The van der Waals surface area contributed by atoms with Gasteiger partial charge < -0.3 is 29.9 Å². The lowest BCUT2D eigenvalue weighted by atomic mass is 9.97. The molecule has 2 N–H and O–H groups in total. The van der Waals surface area contributed by atoms with Crippen molar-refractivity contribution in [2.75, 3.05) is 77.6 Å². The molecule has 0 aliphatic carbocycles. The molecule has 4 aliphatic rings. The number of phenolic OH excluding ortho intramolecular Hbond substituents is 1. The van der Waals surface area contributed by atoms with E-state index in [1.54, 1.807) is 15.3 Å². The van der Waals surface area contributed by atoms with Crippen molar-refractivity contribution < 1.29 is 32.6 Å². The highest BCUT2D eigenvalue weighted by Gasteiger charge is 2.33. The standard InChI is InChI=1S/C20H30BrN3O4S.C16H21N3O3/c1-15(13-16-3-4-19(25)18(21)14-16)20(26)23-7-5-17(6-8-23)22-9-11-24(12-10-22)29(2,27)28;1-22-16(21)18-9-7-13(8-10-18)19-11-6-12-4-2-3-5-14(12)17-15(19)20/h3-4,14-15,17,25H,5-13H2,1-2H3;2-5,13H,6-11H2,1H3,(H,17,20)/t15-;/m1./s1. The van der Waals surface area contributed by atoms with Crippen LogP contribution in [-0.2, 0) is 32.4 Å². The Balaban J connectivity index is 0.000000205. The number of rotatable bonds is 6. The molecule has 0 saturated carbocycles. The molecule has 0 unspecified atom stereocenters. The molecule has 280 valence electrons. The van der Waals surface area contributed by atoms with E-state index in [9.17, 15) is 27.9 Å². The van der Waals surface area contributed by atoms with Crippen molar-refractivity contribution in [1.29, 1.82) is 0 Å². The maximum atomic E-state index is 12.9. The van der Waals surface area contributed by atoms with Gasteiger partial charge in [0.15, 0.2) is 0 Å². The second-order valence-corrected chi connectivity index (χ2v) is 16.7. The van der Waals surface area contributed by atoms with Crippen molar-refractivity contribution in [1.82, 2.24) is 23.9 Å². The molecule has 4 amide bonds. The molecule has 3 fully saturated rings. The molecule has 4 aliphatic heterocycles. The first-order valence-corrected chi connectivity index (χ1v) is 20.4. The number of fused-ring (bicyclic) bond motifs is 1. The van der Waals surface area contributed by atoms with Crippen molar-refractivity contribution >= 4 is 49.7 Å². The van der Waals surface area contributed by atoms with Crippen LogP contribution in [-0.4, -0.2) is 140 Å². The summed E-state index contributed by atoms with van der Waals surface area (Å²) in [6, 6.07) is 13.8. The summed E-state index contributed by atoms with van der Waals surface area (Å²) in [7, 11) is -1.71. The Hall–Kier alpha value is -3.40. The summed E-state index contributed by atoms with van der Waals surface area (Å²) >= 11 is 3.32. The number of piperazine rings is 1. The molecule has 3 saturated heterocycles. The Morgan fingerprint density at radius 3 is 2.18 bits per heavy atom. The molecule has 2 aromatic rings. The molecular weight excluding hydrogens is 740 g/mol. The molecule has 1 atom stereocenters. The fourth-order valence-corrected chi connectivity index (χ4v) is 8.76. The van der Waals surface area contributed by atoms with Gasteiger partial charge in [0.05, 0.1) is 17.8 Å². The van der Waals surface area contributed by atoms with Crippen LogP contribution < -0.4 is 5.32 Å². The van der Waals surface area contributed by atoms with E-state index in [1.165, 1.54) is 18.9 Å². The first kappa shape index (κ1) is 38.8. The van der Waals surface area contributed by atoms with E-state index in [2.05, 4.69) is 32.2 Å². The Bertz CT molecular complexity index is 1640. The first-order valence-electron chi connectivity index (χ1n) is 17.8. The summed E-state index contributed by atoms with van der Waals surface area (Å²) in [5.74, 6) is 0.267. The van der Waals surface area contributed by atoms with Gasteiger partial charge in [-0.3, -0.25) is 9.69 Å². The van der Waals surface area contributed by atoms with Crippen LogP contribution in [0.1, 0.15) is 43.7 Å². The van der Waals surface area contributed by atoms with Gasteiger partial charge in [-0.05, 0) is 83.8 Å². The molecule has 4 heterocycles. The van der Waals surface area contributed by atoms with Crippen molar-refractivity contribution in [2.45, 2.75) is 57.5 Å². The molecule has 6 rings (SSSR count). The van der Waals surface area contributed by atoms with Crippen molar-refractivity contribution in [3.05, 3.63) is 58.1 Å². The number of likely N-dealkylation sites (tertiary alicyclic amines) is 2. The number of hydrogen-bond acceptors (Lipinski definition) is 8. The van der Waals surface area contributed by atoms with Crippen molar-refractivity contribution in [3.63, 3.8) is 0 Å². The number of halogens is 1. The molecule has 0 spiro atoms. The van der Waals surface area contributed by atoms with E-state index < -0.39 is 10.0 Å². The quantitative estimate of drug-likeness (QED) is 0.444. The smallest absolute Gasteiger partial charge is 0.409 e. The number of benzene rings is 2. The van der Waals surface area contributed by atoms with Crippen molar-refractivity contribution in [2.24, 2.45) is 5.92 Å². The van der Waals surface area contributed by atoms with Gasteiger partial charge in [-0.1, -0.05) is 31.2 Å². The summed E-state index contributed by atoms with van der Waals surface area (Å²) in [5, 5.41) is 12.6. The maximum absolute atomic E-state index is 12.9. The minimum atomic E-state index is -3.10. The highest BCUT2D eigenvalue weighted by Crippen LogP contribution is 2.27. The Morgan fingerprint density at radius 2 is 1.55 bits per heavy atom.